The molecule has 2 aromatic rings. The Kier molecular flexibility index (Phi) is 3.81. The van der Waals surface area contributed by atoms with Crippen LogP contribution in [-0.2, 0) is 11.3 Å². The molecular formula is C12H10BrNO2S. The van der Waals surface area contributed by atoms with Crippen molar-refractivity contribution in [2.24, 2.45) is 0 Å². The smallest absolute Gasteiger partial charge is 0.350 e. The van der Waals surface area contributed by atoms with Crippen molar-refractivity contribution in [2.45, 2.75) is 6.61 Å². The second-order valence-electron chi connectivity index (χ2n) is 3.41. The highest BCUT2D eigenvalue weighted by molar-refractivity contribution is 9.10. The van der Waals surface area contributed by atoms with Crippen LogP contribution in [-0.4, -0.2) is 5.97 Å². The van der Waals surface area contributed by atoms with E-state index < -0.39 is 0 Å². The average Bonchev–Trinajstić information content (AvgIpc) is 2.74. The Balaban J connectivity index is 1.97. The topological polar surface area (TPSA) is 52.3 Å². The number of nitrogens with two attached hydrogens (primary N) is 1. The SMILES string of the molecule is Nc1ccsc1C(=O)OCc1ccc(Br)cc1. The first kappa shape index (κ1) is 12.1. The fraction of sp³-hybridized carbons (Fsp3) is 0.0833. The van der Waals surface area contributed by atoms with Crippen LogP contribution in [0.4, 0.5) is 5.69 Å². The van der Waals surface area contributed by atoms with Crippen LogP contribution in [0.15, 0.2) is 40.2 Å². The number of esters is 1. The summed E-state index contributed by atoms with van der Waals surface area (Å²) in [5, 5.41) is 1.77. The summed E-state index contributed by atoms with van der Waals surface area (Å²) in [6.07, 6.45) is 0. The molecular weight excluding hydrogens is 302 g/mol. The average molecular weight is 312 g/mol. The molecule has 5 heteroatoms. The molecule has 88 valence electrons. The maximum atomic E-state index is 11.7. The van der Waals surface area contributed by atoms with Gasteiger partial charge in [0.1, 0.15) is 11.5 Å². The molecule has 0 aliphatic heterocycles. The molecule has 0 saturated heterocycles. The van der Waals surface area contributed by atoms with E-state index in [0.29, 0.717) is 10.6 Å². The zero-order valence-electron chi connectivity index (χ0n) is 8.85. The Labute approximate surface area is 111 Å². The van der Waals surface area contributed by atoms with Gasteiger partial charge in [0.25, 0.3) is 0 Å². The van der Waals surface area contributed by atoms with E-state index in [4.69, 9.17) is 10.5 Å². The zero-order chi connectivity index (χ0) is 12.3. The van der Waals surface area contributed by atoms with Gasteiger partial charge in [-0.05, 0) is 29.1 Å². The normalized spacial score (nSPS) is 10.2. The monoisotopic (exact) mass is 311 g/mol. The Morgan fingerprint density at radius 3 is 2.59 bits per heavy atom. The Hall–Kier alpha value is -1.33. The van der Waals surface area contributed by atoms with Gasteiger partial charge in [0, 0.05) is 4.47 Å². The number of ether oxygens (including phenoxy) is 1. The maximum Gasteiger partial charge on any atom is 0.350 e. The molecule has 1 heterocycles. The zero-order valence-corrected chi connectivity index (χ0v) is 11.3. The summed E-state index contributed by atoms with van der Waals surface area (Å²) in [7, 11) is 0. The van der Waals surface area contributed by atoms with Gasteiger partial charge in [-0.3, -0.25) is 0 Å². The lowest BCUT2D eigenvalue weighted by molar-refractivity contribution is 0.0479. The van der Waals surface area contributed by atoms with E-state index in [1.165, 1.54) is 11.3 Å². The third kappa shape index (κ3) is 3.08. The Morgan fingerprint density at radius 1 is 1.29 bits per heavy atom. The molecule has 0 fully saturated rings. The molecule has 0 atom stereocenters. The molecule has 0 amide bonds. The highest BCUT2D eigenvalue weighted by Crippen LogP contribution is 2.20. The lowest BCUT2D eigenvalue weighted by Gasteiger charge is -2.04. The van der Waals surface area contributed by atoms with Gasteiger partial charge < -0.3 is 10.5 Å². The van der Waals surface area contributed by atoms with Crippen molar-refractivity contribution >= 4 is 38.9 Å². The number of hydrogen-bond acceptors (Lipinski definition) is 4. The number of rotatable bonds is 3. The van der Waals surface area contributed by atoms with Crippen LogP contribution in [0.5, 0.6) is 0 Å². The summed E-state index contributed by atoms with van der Waals surface area (Å²) in [6, 6.07) is 9.30. The van der Waals surface area contributed by atoms with Gasteiger partial charge in [0.15, 0.2) is 0 Å². The second kappa shape index (κ2) is 5.33. The van der Waals surface area contributed by atoms with Gasteiger partial charge in [-0.1, -0.05) is 28.1 Å². The first-order valence-corrected chi connectivity index (χ1v) is 6.58. The first-order valence-electron chi connectivity index (χ1n) is 4.91. The van der Waals surface area contributed by atoms with E-state index in [1.54, 1.807) is 11.4 Å². The first-order chi connectivity index (χ1) is 8.16. The van der Waals surface area contributed by atoms with Crippen LogP contribution in [0, 0.1) is 0 Å². The number of anilines is 1. The van der Waals surface area contributed by atoms with Gasteiger partial charge in [-0.25, -0.2) is 4.79 Å². The van der Waals surface area contributed by atoms with Gasteiger partial charge in [0.2, 0.25) is 0 Å². The standard InChI is InChI=1S/C12H10BrNO2S/c13-9-3-1-8(2-4-9)7-16-12(15)11-10(14)5-6-17-11/h1-6H,7,14H2. The van der Waals surface area contributed by atoms with Crippen LogP contribution < -0.4 is 5.73 Å². The fourth-order valence-electron chi connectivity index (χ4n) is 1.28. The number of hydrogen-bond donors (Lipinski definition) is 1. The minimum Gasteiger partial charge on any atom is -0.457 e. The van der Waals surface area contributed by atoms with Crippen LogP contribution in [0.1, 0.15) is 15.2 Å². The van der Waals surface area contributed by atoms with Gasteiger partial charge >= 0.3 is 5.97 Å². The molecule has 0 saturated carbocycles. The summed E-state index contributed by atoms with van der Waals surface area (Å²) in [5.41, 5.74) is 7.04. The predicted molar refractivity (Wildman–Crippen MR) is 72.0 cm³/mol. The number of halogens is 1. The molecule has 2 rings (SSSR count). The molecule has 0 bridgehead atoms. The van der Waals surface area contributed by atoms with Crippen molar-refractivity contribution in [3.63, 3.8) is 0 Å². The number of benzene rings is 1. The Morgan fingerprint density at radius 2 is 2.00 bits per heavy atom. The molecule has 0 spiro atoms. The number of carbonyl (C=O) groups excluding carboxylic acids is 1. The quantitative estimate of drug-likeness (QED) is 0.883. The molecule has 0 radical (unpaired) electrons. The van der Waals surface area contributed by atoms with E-state index in [-0.39, 0.29) is 12.6 Å². The Bertz CT molecular complexity index is 522. The summed E-state index contributed by atoms with van der Waals surface area (Å²) in [6.45, 7) is 0.253. The summed E-state index contributed by atoms with van der Waals surface area (Å²) >= 11 is 4.63. The fourth-order valence-corrected chi connectivity index (χ4v) is 2.25. The van der Waals surface area contributed by atoms with Crippen molar-refractivity contribution in [3.8, 4) is 0 Å². The van der Waals surface area contributed by atoms with Crippen LogP contribution in [0.2, 0.25) is 0 Å². The van der Waals surface area contributed by atoms with Gasteiger partial charge in [0.05, 0.1) is 5.69 Å². The summed E-state index contributed by atoms with van der Waals surface area (Å²) in [4.78, 5) is 12.1. The van der Waals surface area contributed by atoms with Crippen molar-refractivity contribution in [2.75, 3.05) is 5.73 Å². The third-order valence-corrected chi connectivity index (χ3v) is 3.60. The lowest BCUT2D eigenvalue weighted by atomic mass is 10.2. The van der Waals surface area contributed by atoms with E-state index in [0.717, 1.165) is 10.0 Å². The van der Waals surface area contributed by atoms with E-state index in [2.05, 4.69) is 15.9 Å². The van der Waals surface area contributed by atoms with Crippen LogP contribution in [0.3, 0.4) is 0 Å². The van der Waals surface area contributed by atoms with Crippen molar-refractivity contribution in [1.29, 1.82) is 0 Å². The second-order valence-corrected chi connectivity index (χ2v) is 5.24. The molecule has 0 aliphatic rings. The molecule has 0 aliphatic carbocycles. The molecule has 0 unspecified atom stereocenters. The van der Waals surface area contributed by atoms with E-state index in [9.17, 15) is 4.79 Å². The molecule has 2 N–H and O–H groups in total. The van der Waals surface area contributed by atoms with Gasteiger partial charge in [-0.15, -0.1) is 11.3 Å². The highest BCUT2D eigenvalue weighted by Gasteiger charge is 2.12. The molecule has 1 aromatic heterocycles. The highest BCUT2D eigenvalue weighted by atomic mass is 79.9. The lowest BCUT2D eigenvalue weighted by Crippen LogP contribution is -2.05. The van der Waals surface area contributed by atoms with Gasteiger partial charge in [-0.2, -0.15) is 0 Å². The van der Waals surface area contributed by atoms with Crippen LogP contribution in [0.25, 0.3) is 0 Å². The minimum atomic E-state index is -0.375. The van der Waals surface area contributed by atoms with Crippen molar-refractivity contribution in [1.82, 2.24) is 0 Å². The molecule has 17 heavy (non-hydrogen) atoms. The number of nitrogen functional groups attached to an aromatic ring is 1. The van der Waals surface area contributed by atoms with E-state index >= 15 is 0 Å². The third-order valence-electron chi connectivity index (χ3n) is 2.16. The largest absolute Gasteiger partial charge is 0.457 e. The molecule has 1 aromatic carbocycles. The van der Waals surface area contributed by atoms with Crippen molar-refractivity contribution in [3.05, 3.63) is 50.6 Å². The summed E-state index contributed by atoms with van der Waals surface area (Å²) in [5.74, 6) is -0.375. The number of carbonyl (C=O) groups is 1. The summed E-state index contributed by atoms with van der Waals surface area (Å²) < 4.78 is 6.16. The number of thiophene rings is 1. The van der Waals surface area contributed by atoms with Crippen molar-refractivity contribution < 1.29 is 9.53 Å². The van der Waals surface area contributed by atoms with E-state index in [1.807, 2.05) is 24.3 Å². The minimum absolute atomic E-state index is 0.253. The predicted octanol–water partition coefficient (Wildman–Crippen LogP) is 3.45. The maximum absolute atomic E-state index is 11.7. The van der Waals surface area contributed by atoms with Crippen LogP contribution >= 0.6 is 27.3 Å². The molecule has 3 nitrogen and oxygen atoms in total.